The Morgan fingerprint density at radius 3 is 1.91 bits per heavy atom. The quantitative estimate of drug-likeness (QED) is 0.0211. The van der Waals surface area contributed by atoms with Gasteiger partial charge in [0.2, 0.25) is 34.3 Å². The van der Waals surface area contributed by atoms with Crippen molar-refractivity contribution in [2.24, 2.45) is 0 Å². The molecule has 710 valence electrons. The van der Waals surface area contributed by atoms with Gasteiger partial charge in [-0.05, 0) is 174 Å². The van der Waals surface area contributed by atoms with Crippen molar-refractivity contribution in [3.8, 4) is 51.6 Å². The molecule has 36 nitrogen and oxygen atoms in total. The van der Waals surface area contributed by atoms with Gasteiger partial charge in [-0.1, -0.05) is 74.0 Å². The van der Waals surface area contributed by atoms with Crippen molar-refractivity contribution in [3.05, 3.63) is 310 Å². The number of allylic oxidation sites excluding steroid dienone is 6. The predicted molar refractivity (Wildman–Crippen MR) is 496 cm³/mol. The minimum absolute atomic E-state index is 0.00992. The Bertz CT molecular complexity index is 7640. The van der Waals surface area contributed by atoms with Crippen molar-refractivity contribution in [3.63, 3.8) is 0 Å². The zero-order chi connectivity index (χ0) is 100. The highest BCUT2D eigenvalue weighted by Crippen LogP contribution is 2.51. The second kappa shape index (κ2) is 38.1. The third kappa shape index (κ3) is 17.0. The number of fused-ring (bicyclic) bond motifs is 11. The summed E-state index contributed by atoms with van der Waals surface area (Å²) in [6.45, 7) is 14.7. The Labute approximate surface area is 784 Å². The molecule has 0 saturated heterocycles. The second-order valence-corrected chi connectivity index (χ2v) is 35.2. The number of hydrogen-bond donors (Lipinski definition) is 9. The number of nitrogens with one attached hydrogen (secondary N) is 1. The molecule has 5 heterocycles. The SMILES string of the molecule is CN1C(=O)c2ccccc2-n2c(nc3ccccc3c2=O)C1[C@H](O)c1ccccc1.COC1=CC(=O)c2oc(C)c(CO)c2C1=O.COc1c(C)c(O)cc(C)c1C(=O)Oc1c(C)c(C)c(C(=O)Oc2cc(C)c(C(=O)O)c(OC)c2C)c(OC)c1C.C[C@@]12CCCCC1=C(O)C(=O)c1cc3c(cc12)C(=O)C1=C(C3=O)S(=O)(=O)CCN1.Nc1c(C(=O)O)c2nc3c(C(=O)O)cccc3oc-2cc1=O. The number of aromatic carboxylic acids is 3. The van der Waals surface area contributed by atoms with Gasteiger partial charge in [0.05, 0.1) is 79.8 Å². The number of nitrogens with zero attached hydrogens (tertiary/aromatic N) is 4. The average Bonchev–Trinajstić information content (AvgIpc) is 1.66. The number of sulfone groups is 1. The Hall–Kier alpha value is -16.5. The number of hydrogen-bond acceptors (Lipinski definition) is 31. The fraction of sp³-hybridized carbons (Fsp3) is 0.238. The van der Waals surface area contributed by atoms with Crippen LogP contribution in [0.1, 0.15) is 226 Å². The number of carbonyl (C=O) groups excluding carboxylic acids is 8. The molecule has 8 aliphatic rings. The van der Waals surface area contributed by atoms with Gasteiger partial charge < -0.3 is 89.0 Å². The number of aromatic nitrogens is 3. The molecule has 1 saturated carbocycles. The minimum atomic E-state index is -3.88. The third-order valence-electron chi connectivity index (χ3n) is 25.1. The molecule has 3 aliphatic heterocycles. The van der Waals surface area contributed by atoms with Gasteiger partial charge in [0.1, 0.15) is 102 Å². The number of carbonyl (C=O) groups is 11. The Balaban J connectivity index is 0.000000142. The van der Waals surface area contributed by atoms with E-state index >= 15 is 0 Å². The number of carboxylic acids is 3. The highest BCUT2D eigenvalue weighted by atomic mass is 32.2. The molecule has 0 radical (unpaired) electrons. The zero-order valence-corrected chi connectivity index (χ0v) is 77.4. The molecule has 1 fully saturated rings. The van der Waals surface area contributed by atoms with E-state index in [1.807, 2.05) is 31.2 Å². The molecule has 138 heavy (non-hydrogen) atoms. The van der Waals surface area contributed by atoms with Crippen molar-refractivity contribution in [2.45, 2.75) is 112 Å². The fourth-order valence-electron chi connectivity index (χ4n) is 18.0. The van der Waals surface area contributed by atoms with Crippen LogP contribution in [0.4, 0.5) is 5.69 Å². The van der Waals surface area contributed by atoms with Gasteiger partial charge in [-0.3, -0.25) is 42.9 Å². The number of rotatable bonds is 14. The van der Waals surface area contributed by atoms with Crippen LogP contribution in [0.25, 0.3) is 39.1 Å². The van der Waals surface area contributed by atoms with E-state index in [4.69, 9.17) is 58.2 Å². The van der Waals surface area contributed by atoms with Gasteiger partial charge in [0.25, 0.3) is 11.5 Å². The lowest BCUT2D eigenvalue weighted by Crippen LogP contribution is -2.42. The number of ketones is 5. The number of likely N-dealkylation sites (N-methyl/N-ethyl adjacent to an activating group) is 1. The number of phenols is 1. The summed E-state index contributed by atoms with van der Waals surface area (Å²) in [5.41, 5.74) is 9.66. The number of carboxylic acid groups (broad SMARTS) is 3. The molecular weight excluding hydrogens is 1810 g/mol. The highest BCUT2D eigenvalue weighted by molar-refractivity contribution is 7.96. The number of aliphatic hydroxyl groups excluding tert-OH is 3. The molecular formula is C101H90N6O30S. The van der Waals surface area contributed by atoms with Gasteiger partial charge >= 0.3 is 29.8 Å². The molecule has 8 aromatic carbocycles. The minimum Gasteiger partial charge on any atom is -0.508 e. The smallest absolute Gasteiger partial charge is 0.347 e. The molecule has 10 aromatic rings. The third-order valence-corrected chi connectivity index (χ3v) is 26.9. The molecule has 10 N–H and O–H groups in total. The van der Waals surface area contributed by atoms with E-state index < -0.39 is 108 Å². The van der Waals surface area contributed by atoms with Gasteiger partial charge in [-0.25, -0.2) is 42.4 Å². The number of para-hydroxylation sites is 3. The summed E-state index contributed by atoms with van der Waals surface area (Å²) in [5, 5.41) is 72.3. The number of anilines is 1. The summed E-state index contributed by atoms with van der Waals surface area (Å²) in [5.74, 6) is -7.57. The molecule has 3 atom stereocenters. The van der Waals surface area contributed by atoms with Crippen LogP contribution < -0.4 is 45.7 Å². The maximum absolute atomic E-state index is 13.5. The van der Waals surface area contributed by atoms with E-state index in [1.165, 1.54) is 74.3 Å². The van der Waals surface area contributed by atoms with Crippen LogP contribution in [0.15, 0.2) is 180 Å². The molecule has 1 unspecified atom stereocenters. The number of nitrogens with two attached hydrogens (primary N) is 1. The number of benzene rings is 9. The lowest BCUT2D eigenvalue weighted by atomic mass is 9.62. The van der Waals surface area contributed by atoms with Crippen molar-refractivity contribution < 1.29 is 134 Å². The number of furan rings is 1. The normalized spacial score (nSPS) is 16.1. The Morgan fingerprint density at radius 2 is 1.25 bits per heavy atom. The van der Waals surface area contributed by atoms with Crippen LogP contribution in [0, 0.1) is 55.4 Å². The van der Waals surface area contributed by atoms with E-state index in [9.17, 15) is 96.3 Å². The monoisotopic (exact) mass is 1900 g/mol. The van der Waals surface area contributed by atoms with Crippen LogP contribution in [-0.4, -0.2) is 176 Å². The van der Waals surface area contributed by atoms with Crippen LogP contribution in [-0.2, 0) is 26.6 Å². The fourth-order valence-corrected chi connectivity index (χ4v) is 19.4. The molecule has 18 rings (SSSR count). The number of aliphatic hydroxyl groups is 3. The van der Waals surface area contributed by atoms with Crippen LogP contribution in [0.3, 0.4) is 0 Å². The molecule has 0 spiro atoms. The molecule has 0 bridgehead atoms. The topological polar surface area (TPSA) is 551 Å². The average molecular weight is 1900 g/mol. The van der Waals surface area contributed by atoms with Crippen LogP contribution in [0.2, 0.25) is 0 Å². The molecule has 37 heteroatoms. The first kappa shape index (κ1) is 97.5. The van der Waals surface area contributed by atoms with E-state index in [1.54, 1.807) is 123 Å². The van der Waals surface area contributed by atoms with Crippen molar-refractivity contribution in [1.82, 2.24) is 24.8 Å². The van der Waals surface area contributed by atoms with Crippen LogP contribution >= 0.6 is 0 Å². The van der Waals surface area contributed by atoms with E-state index in [0.717, 1.165) is 25.0 Å². The lowest BCUT2D eigenvalue weighted by molar-refractivity contribution is 0.0413. The first-order chi connectivity index (χ1) is 65.4. The van der Waals surface area contributed by atoms with Gasteiger partial charge in [-0.15, -0.1) is 0 Å². The maximum atomic E-state index is 13.5. The Morgan fingerprint density at radius 1 is 0.623 bits per heavy atom. The number of aryl methyl sites for hydroxylation is 3. The van der Waals surface area contributed by atoms with Crippen molar-refractivity contribution >= 4 is 102 Å². The first-order valence-corrected chi connectivity index (χ1v) is 44.3. The molecule has 2 aromatic heterocycles. The summed E-state index contributed by atoms with van der Waals surface area (Å²) in [7, 11) is 3.19. The standard InChI is InChI=1S/C31H34O10.C24H19N3O3.C21H19NO6S.C14H8N2O6.C11H10O5/c1-13-11-20(32)17(5)26(37-8)23(13)30(35)41-25-16(4)15(3)24(28(39-10)19(25)7)31(36)40-21-12-14(2)22(29(33)34)27(38-9)18(21)6;1-26-20(21(28)15-9-3-2-4-10-15)22-25-18-13-7-5-11-16(18)24(30)27(22)19-14-8-6-12-17(19)23(26)29;1-21-5-3-2-4-13(21)19(26)17(24)12-8-10-11(9-14(12)21)16(23)15-20(18(10)25)29(27,28)7-6-22-15;15-10-6(17)4-8-12(9(10)14(20)21)16-11-5(13(18)19)2-1-3-7(11)22-8;1-5-6(4-12)9-10(14)8(15-2)3-7(13)11(9)16-5/h11-12,32H,1-10H3,(H,33,34);2-14,20-21,28H,1H3;8-9,22,26H,2-7H2,1H3;1-4H,15H2,(H,18,19)(H,20,21);3,12H,4H2,1-2H3/t;20?,21-;21-;;/m.11../s1. The Kier molecular flexibility index (Phi) is 26.9. The lowest BCUT2D eigenvalue weighted by Gasteiger charge is -2.41. The predicted octanol–water partition coefficient (Wildman–Crippen LogP) is 13.4. The summed E-state index contributed by atoms with van der Waals surface area (Å²) in [6.07, 6.45) is 3.14. The van der Waals surface area contributed by atoms with Gasteiger partial charge in [-0.2, -0.15) is 0 Å². The summed E-state index contributed by atoms with van der Waals surface area (Å²) >= 11 is 0. The molecule has 5 aliphatic carbocycles. The number of phenolic OH excluding ortho intramolecular Hbond substituents is 1. The van der Waals surface area contributed by atoms with E-state index in [-0.39, 0.29) is 155 Å². The zero-order valence-electron chi connectivity index (χ0n) is 76.6. The maximum Gasteiger partial charge on any atom is 0.347 e. The number of nitrogen functional groups attached to an aromatic ring is 1. The number of methoxy groups -OCH3 is 4. The van der Waals surface area contributed by atoms with E-state index in [0.29, 0.717) is 108 Å². The number of esters is 2. The first-order valence-electron chi connectivity index (χ1n) is 42.6. The van der Waals surface area contributed by atoms with Gasteiger partial charge in [0.15, 0.2) is 38.5 Å². The summed E-state index contributed by atoms with van der Waals surface area (Å²) < 4.78 is 69.7. The number of aromatic hydroxyl groups is 1. The summed E-state index contributed by atoms with van der Waals surface area (Å²) in [6, 6.07) is 33.4. The van der Waals surface area contributed by atoms with Crippen LogP contribution in [0.5, 0.6) is 34.5 Å². The van der Waals surface area contributed by atoms with Gasteiger partial charge in [0, 0.05) is 70.1 Å². The van der Waals surface area contributed by atoms with E-state index in [2.05, 4.69) is 10.3 Å². The highest BCUT2D eigenvalue weighted by Gasteiger charge is 2.49. The number of ether oxygens (including phenoxy) is 6. The van der Waals surface area contributed by atoms with Crippen molar-refractivity contribution in [2.75, 3.05) is 53.5 Å². The largest absolute Gasteiger partial charge is 0.508 e. The molecule has 1 amide bonds. The number of amides is 1. The summed E-state index contributed by atoms with van der Waals surface area (Å²) in [4.78, 5) is 172. The van der Waals surface area contributed by atoms with Crippen molar-refractivity contribution in [1.29, 1.82) is 0 Å². The second-order valence-electron chi connectivity index (χ2n) is 33.2. The number of Topliss-reactive ketones (excluding diaryl/α,β-unsaturated/α-hetero) is 4.